The van der Waals surface area contributed by atoms with E-state index >= 15 is 0 Å². The number of ether oxygens (including phenoxy) is 1. The summed E-state index contributed by atoms with van der Waals surface area (Å²) in [4.78, 5) is 0. The average Bonchev–Trinajstić information content (AvgIpc) is 2.42. The first kappa shape index (κ1) is 15.5. The fourth-order valence-electron chi connectivity index (χ4n) is 1.77. The van der Waals surface area contributed by atoms with Crippen LogP contribution in [0.5, 0.6) is 5.75 Å². The van der Waals surface area contributed by atoms with Crippen molar-refractivity contribution in [3.63, 3.8) is 0 Å². The lowest BCUT2D eigenvalue weighted by atomic mass is 10.1. The van der Waals surface area contributed by atoms with Gasteiger partial charge in [0.15, 0.2) is 0 Å². The molecule has 2 aromatic carbocycles. The Labute approximate surface area is 133 Å². The summed E-state index contributed by atoms with van der Waals surface area (Å²) >= 11 is 18.0. The second-order valence-corrected chi connectivity index (χ2v) is 5.56. The zero-order valence-electron chi connectivity index (χ0n) is 10.7. The van der Waals surface area contributed by atoms with Crippen LogP contribution < -0.4 is 10.5 Å². The highest BCUT2D eigenvalue weighted by Crippen LogP contribution is 2.27. The summed E-state index contributed by atoms with van der Waals surface area (Å²) in [5.74, 6) is 0.638. The molecule has 0 aliphatic heterocycles. The Morgan fingerprint density at radius 2 is 1.55 bits per heavy atom. The molecule has 0 saturated carbocycles. The van der Waals surface area contributed by atoms with Crippen molar-refractivity contribution < 1.29 is 4.74 Å². The molecule has 0 heterocycles. The average molecular weight is 331 g/mol. The molecule has 2 aromatic rings. The molecule has 106 valence electrons. The molecule has 2 nitrogen and oxygen atoms in total. The van der Waals surface area contributed by atoms with E-state index in [0.29, 0.717) is 34.0 Å². The van der Waals surface area contributed by atoms with E-state index in [2.05, 4.69) is 0 Å². The Hall–Kier alpha value is -0.930. The zero-order valence-corrected chi connectivity index (χ0v) is 13.0. The number of hydrogen-bond acceptors (Lipinski definition) is 2. The van der Waals surface area contributed by atoms with Crippen molar-refractivity contribution in [1.82, 2.24) is 0 Å². The highest BCUT2D eigenvalue weighted by Gasteiger charge is 2.05. The summed E-state index contributed by atoms with van der Waals surface area (Å²) in [6.45, 7) is 0.979. The van der Waals surface area contributed by atoms with Gasteiger partial charge in [-0.05, 0) is 48.4 Å². The van der Waals surface area contributed by atoms with Crippen LogP contribution >= 0.6 is 34.8 Å². The van der Waals surface area contributed by atoms with Crippen molar-refractivity contribution in [1.29, 1.82) is 0 Å². The lowest BCUT2D eigenvalue weighted by Crippen LogP contribution is -2.03. The van der Waals surface area contributed by atoms with Crippen molar-refractivity contribution in [3.8, 4) is 5.75 Å². The van der Waals surface area contributed by atoms with Crippen LogP contribution in [0.25, 0.3) is 0 Å². The van der Waals surface area contributed by atoms with Gasteiger partial charge < -0.3 is 10.5 Å². The summed E-state index contributed by atoms with van der Waals surface area (Å²) in [5.41, 5.74) is 7.54. The molecule has 0 aliphatic rings. The minimum absolute atomic E-state index is 0.382. The van der Waals surface area contributed by atoms with E-state index in [1.54, 1.807) is 12.1 Å². The molecule has 0 saturated heterocycles. The Morgan fingerprint density at radius 3 is 2.20 bits per heavy atom. The molecule has 0 aliphatic carbocycles. The Kier molecular flexibility index (Phi) is 5.55. The van der Waals surface area contributed by atoms with Gasteiger partial charge in [-0.1, -0.05) is 46.9 Å². The Morgan fingerprint density at radius 1 is 0.850 bits per heavy atom. The molecule has 0 fully saturated rings. The molecule has 2 N–H and O–H groups in total. The summed E-state index contributed by atoms with van der Waals surface area (Å²) in [6, 6.07) is 11.1. The summed E-state index contributed by atoms with van der Waals surface area (Å²) in [6.07, 6.45) is 0.798. The van der Waals surface area contributed by atoms with Crippen molar-refractivity contribution in [2.24, 2.45) is 5.73 Å². The number of rotatable bonds is 5. The van der Waals surface area contributed by atoms with Crippen molar-refractivity contribution in [3.05, 3.63) is 62.6 Å². The van der Waals surface area contributed by atoms with Gasteiger partial charge in [-0.2, -0.15) is 0 Å². The smallest absolute Gasteiger partial charge is 0.138 e. The molecule has 5 heteroatoms. The maximum Gasteiger partial charge on any atom is 0.138 e. The second-order valence-electron chi connectivity index (χ2n) is 4.34. The van der Waals surface area contributed by atoms with Crippen LogP contribution in [0.4, 0.5) is 0 Å². The van der Waals surface area contributed by atoms with Crippen LogP contribution in [0.2, 0.25) is 15.1 Å². The maximum atomic E-state index is 6.17. The van der Waals surface area contributed by atoms with Crippen LogP contribution in [0, 0.1) is 0 Å². The normalized spacial score (nSPS) is 10.6. The molecular formula is C15H14Cl3NO. The van der Waals surface area contributed by atoms with Gasteiger partial charge in [0.05, 0.1) is 15.1 Å². The first-order chi connectivity index (χ1) is 9.60. The monoisotopic (exact) mass is 329 g/mol. The van der Waals surface area contributed by atoms with Crippen LogP contribution in [0.15, 0.2) is 36.4 Å². The van der Waals surface area contributed by atoms with Gasteiger partial charge in [-0.25, -0.2) is 0 Å². The van der Waals surface area contributed by atoms with Crippen molar-refractivity contribution in [2.75, 3.05) is 6.54 Å². The van der Waals surface area contributed by atoms with Crippen LogP contribution in [0.1, 0.15) is 11.1 Å². The SMILES string of the molecule is NCCc1ccc(OCc2ccc(Cl)c(Cl)c2)c(Cl)c1. The molecule has 0 amide bonds. The molecule has 0 radical (unpaired) electrons. The summed E-state index contributed by atoms with van der Waals surface area (Å²) < 4.78 is 5.69. The zero-order chi connectivity index (χ0) is 14.5. The van der Waals surface area contributed by atoms with Gasteiger partial charge in [0.2, 0.25) is 0 Å². The highest BCUT2D eigenvalue weighted by molar-refractivity contribution is 6.42. The number of hydrogen-bond donors (Lipinski definition) is 1. The first-order valence-electron chi connectivity index (χ1n) is 6.15. The minimum Gasteiger partial charge on any atom is -0.487 e. The lowest BCUT2D eigenvalue weighted by molar-refractivity contribution is 0.306. The third-order valence-electron chi connectivity index (χ3n) is 2.81. The predicted molar refractivity (Wildman–Crippen MR) is 85.0 cm³/mol. The number of halogens is 3. The fourth-order valence-corrected chi connectivity index (χ4v) is 2.35. The predicted octanol–water partition coefficient (Wildman–Crippen LogP) is 4.73. The molecule has 0 unspecified atom stereocenters. The van der Waals surface area contributed by atoms with Gasteiger partial charge in [-0.3, -0.25) is 0 Å². The fraction of sp³-hybridized carbons (Fsp3) is 0.200. The van der Waals surface area contributed by atoms with E-state index < -0.39 is 0 Å². The second kappa shape index (κ2) is 7.19. The highest BCUT2D eigenvalue weighted by atomic mass is 35.5. The van der Waals surface area contributed by atoms with E-state index in [-0.39, 0.29) is 0 Å². The molecular weight excluding hydrogens is 317 g/mol. The van der Waals surface area contributed by atoms with E-state index in [0.717, 1.165) is 17.5 Å². The van der Waals surface area contributed by atoms with Crippen molar-refractivity contribution >= 4 is 34.8 Å². The van der Waals surface area contributed by atoms with Crippen molar-refractivity contribution in [2.45, 2.75) is 13.0 Å². The van der Waals surface area contributed by atoms with E-state index in [1.165, 1.54) is 0 Å². The van der Waals surface area contributed by atoms with Crippen LogP contribution in [-0.4, -0.2) is 6.54 Å². The van der Waals surface area contributed by atoms with Gasteiger partial charge >= 0.3 is 0 Å². The quantitative estimate of drug-likeness (QED) is 0.860. The lowest BCUT2D eigenvalue weighted by Gasteiger charge is -2.10. The summed E-state index contributed by atoms with van der Waals surface area (Å²) in [7, 11) is 0. The first-order valence-corrected chi connectivity index (χ1v) is 7.29. The van der Waals surface area contributed by atoms with Gasteiger partial charge in [-0.15, -0.1) is 0 Å². The largest absolute Gasteiger partial charge is 0.487 e. The summed E-state index contributed by atoms with van der Waals surface area (Å²) in [5, 5.41) is 1.62. The van der Waals surface area contributed by atoms with Crippen LogP contribution in [0.3, 0.4) is 0 Å². The van der Waals surface area contributed by atoms with E-state index in [1.807, 2.05) is 24.3 Å². The van der Waals surface area contributed by atoms with E-state index in [9.17, 15) is 0 Å². The molecule has 0 spiro atoms. The number of nitrogens with two attached hydrogens (primary N) is 1. The van der Waals surface area contributed by atoms with Gasteiger partial charge in [0.1, 0.15) is 12.4 Å². The molecule has 0 atom stereocenters. The number of benzene rings is 2. The minimum atomic E-state index is 0.382. The Balaban J connectivity index is 2.05. The Bertz CT molecular complexity index is 602. The molecule has 0 bridgehead atoms. The molecule has 2 rings (SSSR count). The van der Waals surface area contributed by atoms with Crippen LogP contribution in [-0.2, 0) is 13.0 Å². The third-order valence-corrected chi connectivity index (χ3v) is 3.84. The maximum absolute atomic E-state index is 6.17. The molecule has 20 heavy (non-hydrogen) atoms. The standard InChI is InChI=1S/C15H14Cl3NO/c16-12-3-1-11(8-13(12)17)9-20-15-4-2-10(5-6-19)7-14(15)18/h1-4,7-8H,5-6,9,19H2. The van der Waals surface area contributed by atoms with Gasteiger partial charge in [0.25, 0.3) is 0 Å². The topological polar surface area (TPSA) is 35.2 Å². The molecule has 0 aromatic heterocycles. The third kappa shape index (κ3) is 4.03. The van der Waals surface area contributed by atoms with E-state index in [4.69, 9.17) is 45.3 Å². The van der Waals surface area contributed by atoms with Gasteiger partial charge in [0, 0.05) is 0 Å².